The molecular formula is C16H16N5. The highest BCUT2D eigenvalue weighted by atomic mass is 15.3. The molecule has 3 rings (SSSR count). The van der Waals surface area contributed by atoms with Crippen LogP contribution in [0.5, 0.6) is 0 Å². The first-order valence-corrected chi connectivity index (χ1v) is 6.70. The molecule has 21 heavy (non-hydrogen) atoms. The van der Waals surface area contributed by atoms with E-state index in [4.69, 9.17) is 0 Å². The van der Waals surface area contributed by atoms with Crippen molar-refractivity contribution < 1.29 is 0 Å². The molecule has 0 aliphatic carbocycles. The Morgan fingerprint density at radius 3 is 2.52 bits per heavy atom. The molecule has 0 atom stereocenters. The van der Waals surface area contributed by atoms with Crippen LogP contribution < -0.4 is 5.32 Å². The fourth-order valence-corrected chi connectivity index (χ4v) is 2.24. The lowest BCUT2D eigenvalue weighted by molar-refractivity contribution is 0.764. The van der Waals surface area contributed by atoms with Gasteiger partial charge < -0.3 is 5.32 Å². The van der Waals surface area contributed by atoms with Gasteiger partial charge in [0.2, 0.25) is 5.95 Å². The number of aromatic nitrogens is 4. The van der Waals surface area contributed by atoms with Crippen molar-refractivity contribution in [2.24, 2.45) is 7.05 Å². The maximum atomic E-state index is 4.49. The predicted molar refractivity (Wildman–Crippen MR) is 82.3 cm³/mol. The first-order valence-electron chi connectivity index (χ1n) is 6.70. The Labute approximate surface area is 123 Å². The summed E-state index contributed by atoms with van der Waals surface area (Å²) in [4.78, 5) is 8.75. The standard InChI is InChI=1S/C16H16N5/c1-11-8-12(2)10-13(9-11)18-16-17-6-4-14(19-16)15-5-7-21(3)20-15/h4-6,8-10H,1-3H3,(H,17,18,19). The molecule has 2 aromatic heterocycles. The molecule has 0 bridgehead atoms. The number of rotatable bonds is 3. The third kappa shape index (κ3) is 3.08. The number of aryl methyl sites for hydroxylation is 3. The van der Waals surface area contributed by atoms with Crippen molar-refractivity contribution in [1.82, 2.24) is 19.7 Å². The van der Waals surface area contributed by atoms with Gasteiger partial charge in [-0.2, -0.15) is 5.10 Å². The molecular weight excluding hydrogens is 262 g/mol. The zero-order valence-electron chi connectivity index (χ0n) is 12.3. The molecule has 0 saturated heterocycles. The summed E-state index contributed by atoms with van der Waals surface area (Å²) in [6.07, 6.45) is 4.70. The highest BCUT2D eigenvalue weighted by Gasteiger charge is 2.06. The van der Waals surface area contributed by atoms with Gasteiger partial charge in [-0.3, -0.25) is 4.68 Å². The van der Waals surface area contributed by atoms with Gasteiger partial charge in [0, 0.05) is 18.9 Å². The molecule has 1 aromatic carbocycles. The van der Waals surface area contributed by atoms with Gasteiger partial charge in [0.1, 0.15) is 5.69 Å². The summed E-state index contributed by atoms with van der Waals surface area (Å²) in [7, 11) is 1.83. The molecule has 0 spiro atoms. The molecule has 1 N–H and O–H groups in total. The Morgan fingerprint density at radius 2 is 1.86 bits per heavy atom. The Balaban J connectivity index is 1.89. The van der Waals surface area contributed by atoms with Crippen molar-refractivity contribution in [3.05, 3.63) is 53.9 Å². The molecule has 0 unspecified atom stereocenters. The van der Waals surface area contributed by atoms with Crippen molar-refractivity contribution in [2.45, 2.75) is 13.8 Å². The summed E-state index contributed by atoms with van der Waals surface area (Å²) in [5, 5.41) is 7.54. The molecule has 0 aliphatic rings. The fourth-order valence-electron chi connectivity index (χ4n) is 2.24. The highest BCUT2D eigenvalue weighted by molar-refractivity contribution is 5.59. The van der Waals surface area contributed by atoms with E-state index in [1.165, 1.54) is 11.1 Å². The summed E-state index contributed by atoms with van der Waals surface area (Å²) in [5.41, 5.74) is 4.94. The summed E-state index contributed by atoms with van der Waals surface area (Å²) in [5.74, 6) is 0.558. The van der Waals surface area contributed by atoms with Gasteiger partial charge >= 0.3 is 0 Å². The van der Waals surface area contributed by atoms with Crippen molar-refractivity contribution in [1.29, 1.82) is 0 Å². The Hall–Kier alpha value is -2.69. The Bertz CT molecular complexity index is 756. The monoisotopic (exact) mass is 278 g/mol. The first kappa shape index (κ1) is 13.3. The number of benzene rings is 1. The van der Waals surface area contributed by atoms with Crippen molar-refractivity contribution in [2.75, 3.05) is 5.32 Å². The minimum absolute atomic E-state index is 0.558. The molecule has 0 fully saturated rings. The van der Waals surface area contributed by atoms with Gasteiger partial charge in [-0.25, -0.2) is 9.97 Å². The number of nitrogens with one attached hydrogen (secondary N) is 1. The van der Waals surface area contributed by atoms with Crippen LogP contribution in [0, 0.1) is 20.0 Å². The maximum Gasteiger partial charge on any atom is 0.227 e. The molecule has 105 valence electrons. The van der Waals surface area contributed by atoms with Gasteiger partial charge in [-0.15, -0.1) is 0 Å². The van der Waals surface area contributed by atoms with Crippen molar-refractivity contribution in [3.8, 4) is 11.4 Å². The highest BCUT2D eigenvalue weighted by Crippen LogP contribution is 2.19. The summed E-state index contributed by atoms with van der Waals surface area (Å²) in [6, 6.07) is 9.91. The zero-order chi connectivity index (χ0) is 14.8. The lowest BCUT2D eigenvalue weighted by Crippen LogP contribution is -1.99. The van der Waals surface area contributed by atoms with Crippen LogP contribution in [0.25, 0.3) is 11.4 Å². The van der Waals surface area contributed by atoms with Gasteiger partial charge in [0.05, 0.1) is 11.9 Å². The van der Waals surface area contributed by atoms with Crippen LogP contribution in [0.2, 0.25) is 0 Å². The molecule has 5 heteroatoms. The van der Waals surface area contributed by atoms with Crippen molar-refractivity contribution in [3.63, 3.8) is 0 Å². The quantitative estimate of drug-likeness (QED) is 0.800. The molecule has 0 saturated carbocycles. The van der Waals surface area contributed by atoms with E-state index in [0.717, 1.165) is 17.1 Å². The van der Waals surface area contributed by atoms with E-state index < -0.39 is 0 Å². The number of nitrogens with zero attached hydrogens (tertiary/aromatic N) is 4. The lowest BCUT2D eigenvalue weighted by atomic mass is 10.1. The van der Waals surface area contributed by atoms with Gasteiger partial charge in [-0.05, 0) is 49.2 Å². The molecule has 5 nitrogen and oxygen atoms in total. The van der Waals surface area contributed by atoms with Crippen LogP contribution in [-0.2, 0) is 7.05 Å². The van der Waals surface area contributed by atoms with E-state index in [1.54, 1.807) is 10.9 Å². The minimum atomic E-state index is 0.558. The number of hydrogen-bond donors (Lipinski definition) is 1. The molecule has 3 aromatic rings. The van der Waals surface area contributed by atoms with Gasteiger partial charge in [-0.1, -0.05) is 6.07 Å². The lowest BCUT2D eigenvalue weighted by Gasteiger charge is -2.07. The Kier molecular flexibility index (Phi) is 3.39. The molecule has 2 heterocycles. The van der Waals surface area contributed by atoms with Crippen LogP contribution in [0.4, 0.5) is 11.6 Å². The van der Waals surface area contributed by atoms with Crippen LogP contribution >= 0.6 is 0 Å². The smallest absolute Gasteiger partial charge is 0.227 e. The third-order valence-corrected chi connectivity index (χ3v) is 3.04. The van der Waals surface area contributed by atoms with E-state index >= 15 is 0 Å². The van der Waals surface area contributed by atoms with E-state index in [2.05, 4.69) is 58.6 Å². The zero-order valence-corrected chi connectivity index (χ0v) is 12.3. The second kappa shape index (κ2) is 5.36. The van der Waals surface area contributed by atoms with Crippen LogP contribution in [-0.4, -0.2) is 19.7 Å². The third-order valence-electron chi connectivity index (χ3n) is 3.04. The van der Waals surface area contributed by atoms with Crippen LogP contribution in [0.15, 0.2) is 36.5 Å². The van der Waals surface area contributed by atoms with Gasteiger partial charge in [0.15, 0.2) is 0 Å². The van der Waals surface area contributed by atoms with E-state index in [1.807, 2.05) is 19.2 Å². The van der Waals surface area contributed by atoms with E-state index in [0.29, 0.717) is 5.95 Å². The average Bonchev–Trinajstić information content (AvgIpc) is 2.84. The maximum absolute atomic E-state index is 4.49. The normalized spacial score (nSPS) is 10.6. The summed E-state index contributed by atoms with van der Waals surface area (Å²) >= 11 is 0. The molecule has 1 radical (unpaired) electrons. The van der Waals surface area contributed by atoms with E-state index in [9.17, 15) is 0 Å². The Morgan fingerprint density at radius 1 is 1.10 bits per heavy atom. The first-order chi connectivity index (χ1) is 10.1. The number of hydrogen-bond acceptors (Lipinski definition) is 4. The molecule has 0 aliphatic heterocycles. The average molecular weight is 278 g/mol. The van der Waals surface area contributed by atoms with Crippen molar-refractivity contribution >= 4 is 11.6 Å². The summed E-state index contributed by atoms with van der Waals surface area (Å²) < 4.78 is 1.63. The van der Waals surface area contributed by atoms with E-state index in [-0.39, 0.29) is 0 Å². The predicted octanol–water partition coefficient (Wildman–Crippen LogP) is 3.04. The minimum Gasteiger partial charge on any atom is -0.324 e. The van der Waals surface area contributed by atoms with Crippen LogP contribution in [0.3, 0.4) is 0 Å². The van der Waals surface area contributed by atoms with Gasteiger partial charge in [0.25, 0.3) is 0 Å². The molecule has 0 amide bonds. The SMILES string of the molecule is Cc1cc(C)cc(Nc2nccc(-c3c[c]n(C)n3)n2)c1. The summed E-state index contributed by atoms with van der Waals surface area (Å²) in [6.45, 7) is 4.14. The largest absolute Gasteiger partial charge is 0.324 e. The van der Waals surface area contributed by atoms with Crippen LogP contribution in [0.1, 0.15) is 11.1 Å². The fraction of sp³-hybridized carbons (Fsp3) is 0.188. The second-order valence-electron chi connectivity index (χ2n) is 5.05. The topological polar surface area (TPSA) is 55.6 Å². The number of anilines is 2. The second-order valence-corrected chi connectivity index (χ2v) is 5.05.